The van der Waals surface area contributed by atoms with Crippen molar-refractivity contribution in [3.63, 3.8) is 0 Å². The van der Waals surface area contributed by atoms with Crippen molar-refractivity contribution in [2.45, 2.75) is 6.54 Å². The predicted molar refractivity (Wildman–Crippen MR) is 79.8 cm³/mol. The van der Waals surface area contributed by atoms with Gasteiger partial charge in [0.1, 0.15) is 11.6 Å². The second-order valence-corrected chi connectivity index (χ2v) is 4.59. The molecule has 0 saturated heterocycles. The molecule has 3 heteroatoms. The van der Waals surface area contributed by atoms with Crippen molar-refractivity contribution in [3.8, 4) is 17.1 Å². The molecule has 0 N–H and O–H groups in total. The second kappa shape index (κ2) is 5.61. The van der Waals surface area contributed by atoms with Crippen molar-refractivity contribution in [1.29, 1.82) is 0 Å². The minimum Gasteiger partial charge on any atom is -0.497 e. The van der Waals surface area contributed by atoms with Crippen LogP contribution in [0, 0.1) is 0 Å². The molecule has 0 spiro atoms. The van der Waals surface area contributed by atoms with E-state index in [4.69, 9.17) is 4.74 Å². The number of aromatic nitrogens is 2. The molecule has 1 heterocycles. The molecular formula is C17H16N2O. The zero-order valence-corrected chi connectivity index (χ0v) is 11.4. The first-order chi connectivity index (χ1) is 9.86. The van der Waals surface area contributed by atoms with Crippen LogP contribution in [0.1, 0.15) is 5.56 Å². The number of imidazole rings is 1. The smallest absolute Gasteiger partial charge is 0.140 e. The Balaban J connectivity index is 1.89. The number of benzene rings is 2. The summed E-state index contributed by atoms with van der Waals surface area (Å²) in [5.41, 5.74) is 2.35. The lowest BCUT2D eigenvalue weighted by Crippen LogP contribution is -2.00. The lowest BCUT2D eigenvalue weighted by Gasteiger charge is -2.08. The number of ether oxygens (including phenoxy) is 1. The van der Waals surface area contributed by atoms with Crippen LogP contribution in [0.5, 0.6) is 5.75 Å². The van der Waals surface area contributed by atoms with Crippen LogP contribution in [0.25, 0.3) is 11.4 Å². The fourth-order valence-corrected chi connectivity index (χ4v) is 2.22. The molecule has 3 aromatic rings. The van der Waals surface area contributed by atoms with Gasteiger partial charge in [-0.15, -0.1) is 0 Å². The number of rotatable bonds is 4. The van der Waals surface area contributed by atoms with Crippen LogP contribution in [0.4, 0.5) is 0 Å². The van der Waals surface area contributed by atoms with Crippen LogP contribution in [0.3, 0.4) is 0 Å². The van der Waals surface area contributed by atoms with Crippen LogP contribution < -0.4 is 4.74 Å². The normalized spacial score (nSPS) is 10.4. The van der Waals surface area contributed by atoms with Gasteiger partial charge in [-0.2, -0.15) is 0 Å². The Bertz CT molecular complexity index is 672. The Morgan fingerprint density at radius 1 is 1.00 bits per heavy atom. The maximum Gasteiger partial charge on any atom is 0.140 e. The van der Waals surface area contributed by atoms with Crippen molar-refractivity contribution >= 4 is 0 Å². The highest BCUT2D eigenvalue weighted by molar-refractivity contribution is 5.57. The maximum absolute atomic E-state index is 5.19. The largest absolute Gasteiger partial charge is 0.497 e. The van der Waals surface area contributed by atoms with E-state index >= 15 is 0 Å². The molecule has 1 aromatic heterocycles. The first-order valence-corrected chi connectivity index (χ1v) is 6.56. The highest BCUT2D eigenvalue weighted by Gasteiger charge is 2.06. The van der Waals surface area contributed by atoms with Gasteiger partial charge in [-0.1, -0.05) is 30.3 Å². The monoisotopic (exact) mass is 264 g/mol. The summed E-state index contributed by atoms with van der Waals surface area (Å²) < 4.78 is 7.34. The van der Waals surface area contributed by atoms with Crippen molar-refractivity contribution in [2.75, 3.05) is 7.11 Å². The molecule has 3 rings (SSSR count). The SMILES string of the molecule is COc1ccc(-c2nccn2Cc2ccccc2)cc1. The molecule has 0 radical (unpaired) electrons. The van der Waals surface area contributed by atoms with E-state index in [1.165, 1.54) is 5.56 Å². The van der Waals surface area contributed by atoms with Crippen molar-refractivity contribution in [3.05, 3.63) is 72.6 Å². The highest BCUT2D eigenvalue weighted by atomic mass is 16.5. The summed E-state index contributed by atoms with van der Waals surface area (Å²) in [7, 11) is 1.67. The Kier molecular flexibility index (Phi) is 3.50. The molecule has 0 aliphatic rings. The van der Waals surface area contributed by atoms with E-state index in [2.05, 4.69) is 33.8 Å². The molecule has 0 atom stereocenters. The third-order valence-corrected chi connectivity index (χ3v) is 3.26. The fraction of sp³-hybridized carbons (Fsp3) is 0.118. The van der Waals surface area contributed by atoms with E-state index < -0.39 is 0 Å². The minimum absolute atomic E-state index is 0.822. The molecule has 0 unspecified atom stereocenters. The van der Waals surface area contributed by atoms with E-state index in [0.717, 1.165) is 23.7 Å². The van der Waals surface area contributed by atoms with E-state index in [-0.39, 0.29) is 0 Å². The fourth-order valence-electron chi connectivity index (χ4n) is 2.22. The van der Waals surface area contributed by atoms with Gasteiger partial charge in [-0.05, 0) is 29.8 Å². The van der Waals surface area contributed by atoms with Crippen molar-refractivity contribution in [1.82, 2.24) is 9.55 Å². The van der Waals surface area contributed by atoms with E-state index in [1.807, 2.05) is 42.7 Å². The number of hydrogen-bond donors (Lipinski definition) is 0. The molecule has 0 amide bonds. The van der Waals surface area contributed by atoms with Gasteiger partial charge in [0, 0.05) is 24.5 Å². The summed E-state index contributed by atoms with van der Waals surface area (Å²) >= 11 is 0. The zero-order chi connectivity index (χ0) is 13.8. The van der Waals surface area contributed by atoms with Gasteiger partial charge in [-0.3, -0.25) is 0 Å². The lowest BCUT2D eigenvalue weighted by molar-refractivity contribution is 0.415. The average molecular weight is 264 g/mol. The van der Waals surface area contributed by atoms with Crippen LogP contribution >= 0.6 is 0 Å². The molecule has 0 aliphatic carbocycles. The van der Waals surface area contributed by atoms with Gasteiger partial charge in [0.05, 0.1) is 7.11 Å². The Morgan fingerprint density at radius 3 is 2.45 bits per heavy atom. The third kappa shape index (κ3) is 2.57. The highest BCUT2D eigenvalue weighted by Crippen LogP contribution is 2.21. The predicted octanol–water partition coefficient (Wildman–Crippen LogP) is 3.61. The van der Waals surface area contributed by atoms with Gasteiger partial charge in [0.2, 0.25) is 0 Å². The van der Waals surface area contributed by atoms with Gasteiger partial charge in [0.25, 0.3) is 0 Å². The first-order valence-electron chi connectivity index (χ1n) is 6.56. The van der Waals surface area contributed by atoms with Gasteiger partial charge < -0.3 is 9.30 Å². The number of nitrogens with zero attached hydrogens (tertiary/aromatic N) is 2. The van der Waals surface area contributed by atoms with Gasteiger partial charge >= 0.3 is 0 Å². The summed E-state index contributed by atoms with van der Waals surface area (Å²) in [6.45, 7) is 0.822. The summed E-state index contributed by atoms with van der Waals surface area (Å²) in [4.78, 5) is 4.46. The lowest BCUT2D eigenvalue weighted by atomic mass is 10.2. The molecule has 3 nitrogen and oxygen atoms in total. The Morgan fingerprint density at radius 2 is 1.75 bits per heavy atom. The number of hydrogen-bond acceptors (Lipinski definition) is 2. The average Bonchev–Trinajstić information content (AvgIpc) is 2.96. The molecule has 100 valence electrons. The first kappa shape index (κ1) is 12.5. The van der Waals surface area contributed by atoms with Crippen LogP contribution in [0.15, 0.2) is 67.0 Å². The second-order valence-electron chi connectivity index (χ2n) is 4.59. The summed E-state index contributed by atoms with van der Waals surface area (Å²) in [6.07, 6.45) is 3.84. The van der Waals surface area contributed by atoms with Crippen LogP contribution in [-0.2, 0) is 6.54 Å². The molecule has 0 bridgehead atoms. The Labute approximate surface area is 118 Å². The van der Waals surface area contributed by atoms with Crippen molar-refractivity contribution < 1.29 is 4.74 Å². The summed E-state index contributed by atoms with van der Waals surface area (Å²) in [5.74, 6) is 1.83. The Hall–Kier alpha value is -2.55. The zero-order valence-electron chi connectivity index (χ0n) is 11.4. The molecule has 0 fully saturated rings. The maximum atomic E-state index is 5.19. The van der Waals surface area contributed by atoms with Gasteiger partial charge in [-0.25, -0.2) is 4.98 Å². The minimum atomic E-state index is 0.822. The molecule has 2 aromatic carbocycles. The molecule has 20 heavy (non-hydrogen) atoms. The topological polar surface area (TPSA) is 27.1 Å². The third-order valence-electron chi connectivity index (χ3n) is 3.26. The van der Waals surface area contributed by atoms with Crippen LogP contribution in [-0.4, -0.2) is 16.7 Å². The van der Waals surface area contributed by atoms with E-state index in [9.17, 15) is 0 Å². The molecule has 0 aliphatic heterocycles. The standard InChI is InChI=1S/C17H16N2O/c1-20-16-9-7-15(8-10-16)17-18-11-12-19(17)13-14-5-3-2-4-6-14/h2-12H,13H2,1H3. The molecule has 0 saturated carbocycles. The summed E-state index contributed by atoms with van der Waals surface area (Å²) in [6, 6.07) is 18.4. The van der Waals surface area contributed by atoms with E-state index in [0.29, 0.717) is 0 Å². The van der Waals surface area contributed by atoms with Gasteiger partial charge in [0.15, 0.2) is 0 Å². The van der Waals surface area contributed by atoms with Crippen LogP contribution in [0.2, 0.25) is 0 Å². The van der Waals surface area contributed by atoms with Crippen molar-refractivity contribution in [2.24, 2.45) is 0 Å². The number of methoxy groups -OCH3 is 1. The quantitative estimate of drug-likeness (QED) is 0.720. The van der Waals surface area contributed by atoms with E-state index in [1.54, 1.807) is 7.11 Å². The molecular weight excluding hydrogens is 248 g/mol. The summed E-state index contributed by atoms with van der Waals surface area (Å²) in [5, 5.41) is 0.